The lowest BCUT2D eigenvalue weighted by molar-refractivity contribution is -0.117. The molecule has 7 heteroatoms. The minimum Gasteiger partial charge on any atom is -0.478 e. The normalized spacial score (nSPS) is 15.0. The molecule has 130 valence electrons. The number of aromatic nitrogens is 1. The number of carboxylic acids is 1. The van der Waals surface area contributed by atoms with Gasteiger partial charge < -0.3 is 15.3 Å². The Balaban J connectivity index is 1.48. The van der Waals surface area contributed by atoms with E-state index >= 15 is 0 Å². The number of aromatic carboxylic acids is 1. The van der Waals surface area contributed by atoms with E-state index in [-0.39, 0.29) is 11.5 Å². The highest BCUT2D eigenvalue weighted by Gasteiger charge is 2.20. The van der Waals surface area contributed by atoms with Crippen LogP contribution in [0.25, 0.3) is 0 Å². The van der Waals surface area contributed by atoms with Crippen molar-refractivity contribution >= 4 is 23.4 Å². The second-order valence-corrected chi connectivity index (χ2v) is 5.89. The molecule has 1 aromatic heterocycles. The molecule has 0 radical (unpaired) electrons. The van der Waals surface area contributed by atoms with E-state index in [0.29, 0.717) is 6.54 Å². The molecule has 2 N–H and O–H groups in total. The summed E-state index contributed by atoms with van der Waals surface area (Å²) in [6.45, 7) is 3.36. The molecule has 0 bridgehead atoms. The molecule has 1 aromatic carbocycles. The summed E-state index contributed by atoms with van der Waals surface area (Å²) in [5, 5.41) is 11.8. The van der Waals surface area contributed by atoms with Crippen molar-refractivity contribution in [3.05, 3.63) is 54.2 Å². The average molecular weight is 340 g/mol. The van der Waals surface area contributed by atoms with E-state index in [0.717, 1.165) is 37.7 Å². The fourth-order valence-corrected chi connectivity index (χ4v) is 2.76. The topological polar surface area (TPSA) is 85.8 Å². The quantitative estimate of drug-likeness (QED) is 0.859. The molecule has 3 rings (SSSR count). The SMILES string of the molecule is O=C(CN1CCN(c2ccc(C(=O)O)cn2)CC1)Nc1ccccc1. The molecular weight excluding hydrogens is 320 g/mol. The zero-order chi connectivity index (χ0) is 17.6. The van der Waals surface area contributed by atoms with Gasteiger partial charge in [-0.15, -0.1) is 0 Å². The lowest BCUT2D eigenvalue weighted by Gasteiger charge is -2.35. The van der Waals surface area contributed by atoms with Crippen LogP contribution < -0.4 is 10.2 Å². The van der Waals surface area contributed by atoms with E-state index in [1.54, 1.807) is 12.1 Å². The predicted molar refractivity (Wildman–Crippen MR) is 94.9 cm³/mol. The average Bonchev–Trinajstić information content (AvgIpc) is 2.63. The van der Waals surface area contributed by atoms with Crippen LogP contribution in [0.2, 0.25) is 0 Å². The Morgan fingerprint density at radius 3 is 2.36 bits per heavy atom. The van der Waals surface area contributed by atoms with Crippen molar-refractivity contribution in [3.8, 4) is 0 Å². The summed E-state index contributed by atoms with van der Waals surface area (Å²) in [6, 6.07) is 12.7. The number of carbonyl (C=O) groups is 2. The van der Waals surface area contributed by atoms with E-state index < -0.39 is 5.97 Å². The van der Waals surface area contributed by atoms with Gasteiger partial charge in [0.05, 0.1) is 12.1 Å². The molecule has 1 saturated heterocycles. The van der Waals surface area contributed by atoms with Gasteiger partial charge in [0, 0.05) is 38.1 Å². The molecule has 25 heavy (non-hydrogen) atoms. The first kappa shape index (κ1) is 16.9. The largest absolute Gasteiger partial charge is 0.478 e. The Hall–Kier alpha value is -2.93. The van der Waals surface area contributed by atoms with Crippen molar-refractivity contribution in [1.82, 2.24) is 9.88 Å². The van der Waals surface area contributed by atoms with Gasteiger partial charge in [-0.2, -0.15) is 0 Å². The molecule has 1 fully saturated rings. The van der Waals surface area contributed by atoms with Gasteiger partial charge >= 0.3 is 5.97 Å². The Morgan fingerprint density at radius 2 is 1.76 bits per heavy atom. The monoisotopic (exact) mass is 340 g/mol. The fraction of sp³-hybridized carbons (Fsp3) is 0.278. The number of piperazine rings is 1. The number of benzene rings is 1. The van der Waals surface area contributed by atoms with Crippen molar-refractivity contribution in [3.63, 3.8) is 0 Å². The first-order valence-electron chi connectivity index (χ1n) is 8.13. The molecule has 7 nitrogen and oxygen atoms in total. The van der Waals surface area contributed by atoms with Crippen LogP contribution in [0.5, 0.6) is 0 Å². The number of pyridine rings is 1. The maximum absolute atomic E-state index is 12.1. The van der Waals surface area contributed by atoms with Crippen molar-refractivity contribution in [2.24, 2.45) is 0 Å². The van der Waals surface area contributed by atoms with Crippen LogP contribution in [0, 0.1) is 0 Å². The number of hydrogen-bond acceptors (Lipinski definition) is 5. The molecule has 0 spiro atoms. The summed E-state index contributed by atoms with van der Waals surface area (Å²) >= 11 is 0. The highest BCUT2D eigenvalue weighted by Crippen LogP contribution is 2.14. The van der Waals surface area contributed by atoms with Crippen LogP contribution in [0.4, 0.5) is 11.5 Å². The fourth-order valence-electron chi connectivity index (χ4n) is 2.76. The number of rotatable bonds is 5. The standard InChI is InChI=1S/C18H20N4O3/c23-17(20-15-4-2-1-3-5-15)13-21-8-10-22(11-9-21)16-7-6-14(12-19-16)18(24)25/h1-7,12H,8-11,13H2,(H,20,23)(H,24,25). The Kier molecular flexibility index (Phi) is 5.25. The van der Waals surface area contributed by atoms with E-state index in [9.17, 15) is 9.59 Å². The second-order valence-electron chi connectivity index (χ2n) is 5.89. The first-order valence-corrected chi connectivity index (χ1v) is 8.13. The third-order valence-electron chi connectivity index (χ3n) is 4.12. The summed E-state index contributed by atoms with van der Waals surface area (Å²) in [6.07, 6.45) is 1.37. The Morgan fingerprint density at radius 1 is 1.04 bits per heavy atom. The number of carboxylic acid groups (broad SMARTS) is 1. The van der Waals surface area contributed by atoms with Crippen molar-refractivity contribution in [2.45, 2.75) is 0 Å². The number of amides is 1. The number of nitrogens with one attached hydrogen (secondary N) is 1. The summed E-state index contributed by atoms with van der Waals surface area (Å²) in [5.41, 5.74) is 0.980. The lowest BCUT2D eigenvalue weighted by Crippen LogP contribution is -2.48. The molecule has 0 atom stereocenters. The van der Waals surface area contributed by atoms with Crippen LogP contribution in [0.3, 0.4) is 0 Å². The van der Waals surface area contributed by atoms with Gasteiger partial charge in [-0.05, 0) is 24.3 Å². The molecule has 2 heterocycles. The lowest BCUT2D eigenvalue weighted by atomic mass is 10.2. The smallest absolute Gasteiger partial charge is 0.337 e. The maximum atomic E-state index is 12.1. The van der Waals surface area contributed by atoms with Crippen molar-refractivity contribution in [1.29, 1.82) is 0 Å². The van der Waals surface area contributed by atoms with Gasteiger partial charge in [-0.3, -0.25) is 9.69 Å². The number of carbonyl (C=O) groups excluding carboxylic acids is 1. The highest BCUT2D eigenvalue weighted by molar-refractivity contribution is 5.92. The molecule has 2 aromatic rings. The zero-order valence-electron chi connectivity index (χ0n) is 13.8. The Bertz CT molecular complexity index is 726. The molecule has 0 unspecified atom stereocenters. The molecule has 0 saturated carbocycles. The summed E-state index contributed by atoms with van der Waals surface area (Å²) in [4.78, 5) is 31.4. The molecule has 1 amide bonds. The molecular formula is C18H20N4O3. The van der Waals surface area contributed by atoms with Gasteiger partial charge in [0.25, 0.3) is 0 Å². The maximum Gasteiger partial charge on any atom is 0.337 e. The van der Waals surface area contributed by atoms with Gasteiger partial charge in [0.2, 0.25) is 5.91 Å². The van der Waals surface area contributed by atoms with Gasteiger partial charge in [-0.25, -0.2) is 9.78 Å². The van der Waals surface area contributed by atoms with E-state index in [1.807, 2.05) is 30.3 Å². The number of hydrogen-bond donors (Lipinski definition) is 2. The molecule has 1 aliphatic rings. The minimum atomic E-state index is -0.978. The highest BCUT2D eigenvalue weighted by atomic mass is 16.4. The minimum absolute atomic E-state index is 0.0245. The van der Waals surface area contributed by atoms with Crippen LogP contribution >= 0.6 is 0 Å². The zero-order valence-corrected chi connectivity index (χ0v) is 13.8. The molecule has 1 aliphatic heterocycles. The summed E-state index contributed by atoms with van der Waals surface area (Å²) in [5.74, 6) is -0.240. The number of anilines is 2. The van der Waals surface area contributed by atoms with Crippen LogP contribution in [-0.4, -0.2) is 59.6 Å². The van der Waals surface area contributed by atoms with E-state index in [2.05, 4.69) is 20.1 Å². The third-order valence-corrected chi connectivity index (χ3v) is 4.12. The Labute approximate surface area is 145 Å². The first-order chi connectivity index (χ1) is 12.1. The van der Waals surface area contributed by atoms with E-state index in [4.69, 9.17) is 5.11 Å². The predicted octanol–water partition coefficient (Wildman–Crippen LogP) is 1.54. The number of para-hydroxylation sites is 1. The van der Waals surface area contributed by atoms with Gasteiger partial charge in [0.15, 0.2) is 0 Å². The van der Waals surface area contributed by atoms with Crippen LogP contribution in [0.15, 0.2) is 48.7 Å². The van der Waals surface area contributed by atoms with Gasteiger partial charge in [-0.1, -0.05) is 18.2 Å². The van der Waals surface area contributed by atoms with Crippen molar-refractivity contribution < 1.29 is 14.7 Å². The van der Waals surface area contributed by atoms with Crippen molar-refractivity contribution in [2.75, 3.05) is 42.9 Å². The second kappa shape index (κ2) is 7.76. The summed E-state index contributed by atoms with van der Waals surface area (Å²) in [7, 11) is 0. The van der Waals surface area contributed by atoms with Gasteiger partial charge in [0.1, 0.15) is 5.82 Å². The van der Waals surface area contributed by atoms with Crippen LogP contribution in [0.1, 0.15) is 10.4 Å². The third kappa shape index (κ3) is 4.54. The van der Waals surface area contributed by atoms with Crippen LogP contribution in [-0.2, 0) is 4.79 Å². The van der Waals surface area contributed by atoms with E-state index in [1.165, 1.54) is 6.20 Å². The summed E-state index contributed by atoms with van der Waals surface area (Å²) < 4.78 is 0. The molecule has 0 aliphatic carbocycles. The number of nitrogens with zero attached hydrogens (tertiary/aromatic N) is 3.